The number of thiophene rings is 1. The van der Waals surface area contributed by atoms with Crippen molar-refractivity contribution in [2.24, 2.45) is 0 Å². The summed E-state index contributed by atoms with van der Waals surface area (Å²) >= 11 is 1.37. The molecule has 0 atom stereocenters. The second-order valence-corrected chi connectivity index (χ2v) is 9.31. The van der Waals surface area contributed by atoms with Gasteiger partial charge in [0.15, 0.2) is 0 Å². The Morgan fingerprint density at radius 3 is 2.50 bits per heavy atom. The fourth-order valence-electron chi connectivity index (χ4n) is 4.55. The SMILES string of the molecule is CCOC(=O)c1c(NC(=O)C(=O)c2c(-c3ccccc3)[nH]c3ccccc23)sc2c1CCCC2. The van der Waals surface area contributed by atoms with E-state index in [9.17, 15) is 14.4 Å². The minimum Gasteiger partial charge on any atom is -0.462 e. The van der Waals surface area contributed by atoms with Gasteiger partial charge in [-0.1, -0.05) is 48.5 Å². The Balaban J connectivity index is 1.54. The van der Waals surface area contributed by atoms with E-state index in [4.69, 9.17) is 4.74 Å². The van der Waals surface area contributed by atoms with Crippen molar-refractivity contribution in [3.8, 4) is 11.3 Å². The van der Waals surface area contributed by atoms with Crippen LogP contribution in [0.15, 0.2) is 54.6 Å². The lowest BCUT2D eigenvalue weighted by Crippen LogP contribution is -2.24. The molecule has 0 fully saturated rings. The van der Waals surface area contributed by atoms with E-state index in [0.29, 0.717) is 27.2 Å². The number of amides is 1. The van der Waals surface area contributed by atoms with Crippen molar-refractivity contribution in [2.45, 2.75) is 32.6 Å². The van der Waals surface area contributed by atoms with Crippen LogP contribution in [0, 0.1) is 0 Å². The number of aromatic nitrogens is 1. The fraction of sp³-hybridized carbons (Fsp3) is 0.222. The maximum Gasteiger partial charge on any atom is 0.341 e. The Morgan fingerprint density at radius 2 is 1.71 bits per heavy atom. The highest BCUT2D eigenvalue weighted by atomic mass is 32.1. The van der Waals surface area contributed by atoms with E-state index >= 15 is 0 Å². The number of anilines is 1. The van der Waals surface area contributed by atoms with Crippen LogP contribution in [0.1, 0.15) is 50.9 Å². The lowest BCUT2D eigenvalue weighted by Gasteiger charge is -2.12. The van der Waals surface area contributed by atoms with Crippen LogP contribution in [0.25, 0.3) is 22.2 Å². The zero-order valence-corrected chi connectivity index (χ0v) is 19.6. The number of ether oxygens (including phenoxy) is 1. The number of carbonyl (C=O) groups is 3. The summed E-state index contributed by atoms with van der Waals surface area (Å²) in [5.74, 6) is -1.88. The summed E-state index contributed by atoms with van der Waals surface area (Å²) in [5, 5.41) is 3.83. The van der Waals surface area contributed by atoms with Gasteiger partial charge >= 0.3 is 5.97 Å². The first-order chi connectivity index (χ1) is 16.6. The Bertz CT molecular complexity index is 1400. The van der Waals surface area contributed by atoms with Crippen molar-refractivity contribution >= 4 is 44.9 Å². The zero-order chi connectivity index (χ0) is 23.7. The number of para-hydroxylation sites is 1. The molecule has 0 saturated heterocycles. The Kier molecular flexibility index (Phi) is 6.02. The zero-order valence-electron chi connectivity index (χ0n) is 18.8. The van der Waals surface area contributed by atoms with Crippen LogP contribution in [0.2, 0.25) is 0 Å². The Morgan fingerprint density at radius 1 is 0.971 bits per heavy atom. The quantitative estimate of drug-likeness (QED) is 0.212. The molecule has 6 nitrogen and oxygen atoms in total. The van der Waals surface area contributed by atoms with Crippen molar-refractivity contribution in [3.05, 3.63) is 76.2 Å². The number of benzene rings is 2. The molecule has 0 spiro atoms. The maximum absolute atomic E-state index is 13.5. The minimum atomic E-state index is -0.772. The minimum absolute atomic E-state index is 0.242. The number of fused-ring (bicyclic) bond motifs is 2. The number of aromatic amines is 1. The number of Topliss-reactive ketones (excluding diaryl/α,β-unsaturated/α-hetero) is 1. The summed E-state index contributed by atoms with van der Waals surface area (Å²) in [6.45, 7) is 1.99. The number of ketones is 1. The molecule has 0 saturated carbocycles. The molecule has 7 heteroatoms. The third-order valence-electron chi connectivity index (χ3n) is 6.08. The maximum atomic E-state index is 13.5. The van der Waals surface area contributed by atoms with E-state index in [1.54, 1.807) is 6.92 Å². The van der Waals surface area contributed by atoms with Crippen LogP contribution >= 0.6 is 11.3 Å². The smallest absolute Gasteiger partial charge is 0.341 e. The van der Waals surface area contributed by atoms with Crippen molar-refractivity contribution in [1.29, 1.82) is 0 Å². The Labute approximate surface area is 201 Å². The molecule has 2 aromatic carbocycles. The van der Waals surface area contributed by atoms with Crippen LogP contribution in [0.3, 0.4) is 0 Å². The van der Waals surface area contributed by atoms with Gasteiger partial charge in [-0.25, -0.2) is 4.79 Å². The van der Waals surface area contributed by atoms with Crippen LogP contribution in [-0.2, 0) is 22.4 Å². The van der Waals surface area contributed by atoms with E-state index in [1.807, 2.05) is 54.6 Å². The molecule has 1 amide bonds. The highest BCUT2D eigenvalue weighted by Gasteiger charge is 2.30. The summed E-state index contributed by atoms with van der Waals surface area (Å²) in [4.78, 5) is 43.9. The van der Waals surface area contributed by atoms with E-state index in [1.165, 1.54) is 11.3 Å². The largest absolute Gasteiger partial charge is 0.462 e. The number of carbonyl (C=O) groups excluding carboxylic acids is 3. The van der Waals surface area contributed by atoms with Gasteiger partial charge < -0.3 is 15.0 Å². The Hall–Kier alpha value is -3.71. The summed E-state index contributed by atoms with van der Waals surface area (Å²) < 4.78 is 5.27. The number of nitrogens with one attached hydrogen (secondary N) is 2. The van der Waals surface area contributed by atoms with Gasteiger partial charge in [0.25, 0.3) is 11.7 Å². The molecule has 2 N–H and O–H groups in total. The van der Waals surface area contributed by atoms with Crippen LogP contribution < -0.4 is 5.32 Å². The molecule has 0 bridgehead atoms. The lowest BCUT2D eigenvalue weighted by molar-refractivity contribution is -0.112. The highest BCUT2D eigenvalue weighted by Crippen LogP contribution is 2.39. The molecule has 0 unspecified atom stereocenters. The average molecular weight is 473 g/mol. The van der Waals surface area contributed by atoms with Gasteiger partial charge in [0.1, 0.15) is 5.00 Å². The molecular formula is C27H24N2O4S. The highest BCUT2D eigenvalue weighted by molar-refractivity contribution is 7.17. The lowest BCUT2D eigenvalue weighted by atomic mass is 9.95. The number of esters is 1. The molecule has 2 aromatic heterocycles. The van der Waals surface area contributed by atoms with Crippen molar-refractivity contribution in [2.75, 3.05) is 11.9 Å². The third kappa shape index (κ3) is 3.92. The molecule has 1 aliphatic rings. The molecule has 0 radical (unpaired) electrons. The van der Waals surface area contributed by atoms with E-state index < -0.39 is 17.7 Å². The topological polar surface area (TPSA) is 88.3 Å². The van der Waals surface area contributed by atoms with Gasteiger partial charge in [0, 0.05) is 15.8 Å². The predicted molar refractivity (Wildman–Crippen MR) is 134 cm³/mol. The molecule has 0 aliphatic heterocycles. The number of H-pyrrole nitrogens is 1. The summed E-state index contributed by atoms with van der Waals surface area (Å²) in [5.41, 5.74) is 3.83. The number of hydrogen-bond acceptors (Lipinski definition) is 5. The van der Waals surface area contributed by atoms with Crippen molar-refractivity contribution in [1.82, 2.24) is 4.98 Å². The first-order valence-electron chi connectivity index (χ1n) is 11.4. The standard InChI is InChI=1S/C27H24N2O4S/c1-2-33-27(32)22-18-13-7-9-15-20(18)34-26(22)29-25(31)24(30)21-17-12-6-8-14-19(17)28-23(21)16-10-4-3-5-11-16/h3-6,8,10-12,14,28H,2,7,9,13,15H2,1H3,(H,29,31). The van der Waals surface area contributed by atoms with Gasteiger partial charge in [-0.05, 0) is 49.8 Å². The van der Waals surface area contributed by atoms with Gasteiger partial charge in [-0.15, -0.1) is 11.3 Å². The molecule has 2 heterocycles. The number of aryl methyl sites for hydroxylation is 1. The van der Waals surface area contributed by atoms with Gasteiger partial charge in [-0.3, -0.25) is 9.59 Å². The third-order valence-corrected chi connectivity index (χ3v) is 7.29. The van der Waals surface area contributed by atoms with Gasteiger partial charge in [-0.2, -0.15) is 0 Å². The van der Waals surface area contributed by atoms with Crippen LogP contribution in [-0.4, -0.2) is 29.3 Å². The fourth-order valence-corrected chi connectivity index (χ4v) is 5.82. The summed E-state index contributed by atoms with van der Waals surface area (Å²) in [6.07, 6.45) is 3.65. The number of rotatable bonds is 6. The van der Waals surface area contributed by atoms with E-state index in [-0.39, 0.29) is 6.61 Å². The van der Waals surface area contributed by atoms with E-state index in [0.717, 1.165) is 47.2 Å². The van der Waals surface area contributed by atoms with Crippen LogP contribution in [0.4, 0.5) is 5.00 Å². The average Bonchev–Trinajstić information content (AvgIpc) is 3.42. The summed E-state index contributed by atoms with van der Waals surface area (Å²) in [7, 11) is 0. The summed E-state index contributed by atoms with van der Waals surface area (Å²) in [6, 6.07) is 16.9. The number of hydrogen-bond donors (Lipinski definition) is 2. The van der Waals surface area contributed by atoms with Crippen molar-refractivity contribution < 1.29 is 19.1 Å². The van der Waals surface area contributed by atoms with Gasteiger partial charge in [0.05, 0.1) is 23.4 Å². The molecule has 4 aromatic rings. The second kappa shape index (κ2) is 9.27. The molecular weight excluding hydrogens is 448 g/mol. The molecule has 172 valence electrons. The monoisotopic (exact) mass is 472 g/mol. The molecule has 1 aliphatic carbocycles. The predicted octanol–water partition coefficient (Wildman–Crippen LogP) is 5.77. The van der Waals surface area contributed by atoms with Crippen LogP contribution in [0.5, 0.6) is 0 Å². The first kappa shape index (κ1) is 22.1. The van der Waals surface area contributed by atoms with E-state index in [2.05, 4.69) is 10.3 Å². The van der Waals surface area contributed by atoms with Gasteiger partial charge in [0.2, 0.25) is 0 Å². The molecule has 34 heavy (non-hydrogen) atoms. The van der Waals surface area contributed by atoms with Crippen molar-refractivity contribution in [3.63, 3.8) is 0 Å². The second-order valence-electron chi connectivity index (χ2n) is 8.21. The molecule has 5 rings (SSSR count). The first-order valence-corrected chi connectivity index (χ1v) is 12.2. The normalized spacial score (nSPS) is 12.9.